The number of amides is 1. The van der Waals surface area contributed by atoms with Gasteiger partial charge in [-0.2, -0.15) is 0 Å². The van der Waals surface area contributed by atoms with Gasteiger partial charge in [-0.1, -0.05) is 57.5 Å². The fourth-order valence-corrected chi connectivity index (χ4v) is 1.87. The number of carbonyl (C=O) groups excluding carboxylic acids is 1. The fourth-order valence-electron chi connectivity index (χ4n) is 1.87. The van der Waals surface area contributed by atoms with E-state index in [1.807, 2.05) is 25.1 Å². The molecule has 0 fully saturated rings. The number of benzene rings is 1. The molecule has 1 amide bonds. The first kappa shape index (κ1) is 14.7. The molecule has 0 saturated carbocycles. The van der Waals surface area contributed by atoms with Crippen molar-refractivity contribution < 1.29 is 4.79 Å². The number of rotatable bonds is 6. The largest absolute Gasteiger partial charge is 0.354 e. The Morgan fingerprint density at radius 1 is 1.33 bits per heavy atom. The Labute approximate surface area is 110 Å². The van der Waals surface area contributed by atoms with Gasteiger partial charge in [0, 0.05) is 12.0 Å². The Balaban J connectivity index is 2.55. The van der Waals surface area contributed by atoms with Crippen LogP contribution in [0.1, 0.15) is 39.2 Å². The lowest BCUT2D eigenvalue weighted by atomic mass is 9.84. The van der Waals surface area contributed by atoms with Gasteiger partial charge in [-0.25, -0.2) is 0 Å². The van der Waals surface area contributed by atoms with Crippen molar-refractivity contribution in [1.82, 2.24) is 5.32 Å². The van der Waals surface area contributed by atoms with Crippen LogP contribution < -0.4 is 11.1 Å². The molecule has 0 aliphatic heterocycles. The summed E-state index contributed by atoms with van der Waals surface area (Å²) in [5, 5.41) is 2.94. The molecule has 0 spiro atoms. The van der Waals surface area contributed by atoms with E-state index in [2.05, 4.69) is 31.3 Å². The molecule has 0 saturated heterocycles. The highest BCUT2D eigenvalue weighted by Gasteiger charge is 2.22. The number of nitrogens with two attached hydrogens (primary N) is 1. The number of hydrogen-bond donors (Lipinski definition) is 2. The number of hydrogen-bond acceptors (Lipinski definition) is 2. The molecule has 100 valence electrons. The third-order valence-electron chi connectivity index (χ3n) is 3.20. The topological polar surface area (TPSA) is 55.1 Å². The van der Waals surface area contributed by atoms with Gasteiger partial charge < -0.3 is 11.1 Å². The lowest BCUT2D eigenvalue weighted by molar-refractivity contribution is -0.122. The first-order valence-electron chi connectivity index (χ1n) is 6.56. The lowest BCUT2D eigenvalue weighted by Gasteiger charge is -2.26. The van der Waals surface area contributed by atoms with Crippen molar-refractivity contribution in [2.75, 3.05) is 6.54 Å². The summed E-state index contributed by atoms with van der Waals surface area (Å²) in [6, 6.07) is 9.80. The average Bonchev–Trinajstić information content (AvgIpc) is 2.37. The van der Waals surface area contributed by atoms with Crippen LogP contribution in [-0.2, 0) is 10.2 Å². The monoisotopic (exact) mass is 248 g/mol. The first-order chi connectivity index (χ1) is 8.47. The lowest BCUT2D eigenvalue weighted by Crippen LogP contribution is -2.45. The quantitative estimate of drug-likeness (QED) is 0.811. The van der Waals surface area contributed by atoms with Crippen molar-refractivity contribution in [3.63, 3.8) is 0 Å². The van der Waals surface area contributed by atoms with Gasteiger partial charge in [0.2, 0.25) is 5.91 Å². The molecule has 0 aliphatic rings. The highest BCUT2D eigenvalue weighted by atomic mass is 16.2. The van der Waals surface area contributed by atoms with Crippen molar-refractivity contribution in [3.05, 3.63) is 35.9 Å². The Kier molecular flexibility index (Phi) is 5.35. The van der Waals surface area contributed by atoms with E-state index < -0.39 is 0 Å². The molecule has 0 aromatic heterocycles. The maximum absolute atomic E-state index is 11.8. The Bertz CT molecular complexity index is 373. The smallest absolute Gasteiger partial charge is 0.236 e. The van der Waals surface area contributed by atoms with E-state index in [4.69, 9.17) is 5.73 Å². The molecule has 0 aliphatic carbocycles. The van der Waals surface area contributed by atoms with Gasteiger partial charge in [0.25, 0.3) is 0 Å². The Morgan fingerprint density at radius 3 is 2.50 bits per heavy atom. The summed E-state index contributed by atoms with van der Waals surface area (Å²) in [5.41, 5.74) is 6.92. The normalized spacial score (nSPS) is 13.1. The van der Waals surface area contributed by atoms with Gasteiger partial charge >= 0.3 is 0 Å². The minimum Gasteiger partial charge on any atom is -0.354 e. The minimum absolute atomic E-state index is 0.0548. The maximum Gasteiger partial charge on any atom is 0.236 e. The molecule has 3 heteroatoms. The molecule has 1 aromatic rings. The van der Waals surface area contributed by atoms with Crippen LogP contribution in [0, 0.1) is 0 Å². The minimum atomic E-state index is -0.387. The van der Waals surface area contributed by atoms with E-state index in [-0.39, 0.29) is 17.4 Å². The van der Waals surface area contributed by atoms with Crippen LogP contribution >= 0.6 is 0 Å². The van der Waals surface area contributed by atoms with Crippen LogP contribution in [0.4, 0.5) is 0 Å². The molecule has 1 atom stereocenters. The molecule has 1 unspecified atom stereocenters. The van der Waals surface area contributed by atoms with Crippen LogP contribution in [0.15, 0.2) is 30.3 Å². The fraction of sp³-hybridized carbons (Fsp3) is 0.533. The van der Waals surface area contributed by atoms with Gasteiger partial charge in [0.1, 0.15) is 0 Å². The number of carbonyl (C=O) groups is 1. The van der Waals surface area contributed by atoms with E-state index in [1.165, 1.54) is 5.56 Å². The van der Waals surface area contributed by atoms with E-state index in [1.54, 1.807) is 0 Å². The van der Waals surface area contributed by atoms with Crippen LogP contribution in [0.3, 0.4) is 0 Å². The van der Waals surface area contributed by atoms with Crippen molar-refractivity contribution >= 4 is 5.91 Å². The van der Waals surface area contributed by atoms with Crippen LogP contribution in [-0.4, -0.2) is 18.5 Å². The molecule has 0 bridgehead atoms. The van der Waals surface area contributed by atoms with Crippen LogP contribution in [0.5, 0.6) is 0 Å². The van der Waals surface area contributed by atoms with E-state index in [9.17, 15) is 4.79 Å². The average molecular weight is 248 g/mol. The van der Waals surface area contributed by atoms with Crippen LogP contribution in [0.25, 0.3) is 0 Å². The second-order valence-electron chi connectivity index (χ2n) is 5.36. The highest BCUT2D eigenvalue weighted by Crippen LogP contribution is 2.21. The SMILES string of the molecule is CCCC(N)C(=O)NCC(C)(C)c1ccccc1. The second kappa shape index (κ2) is 6.55. The zero-order chi connectivity index (χ0) is 13.6. The molecule has 0 heterocycles. The van der Waals surface area contributed by atoms with Crippen molar-refractivity contribution in [2.24, 2.45) is 5.73 Å². The molecular formula is C15H24N2O. The Hall–Kier alpha value is -1.35. The summed E-state index contributed by atoms with van der Waals surface area (Å²) in [6.45, 7) is 6.87. The first-order valence-corrected chi connectivity index (χ1v) is 6.56. The van der Waals surface area contributed by atoms with E-state index >= 15 is 0 Å². The molecule has 1 rings (SSSR count). The van der Waals surface area contributed by atoms with Crippen molar-refractivity contribution in [2.45, 2.75) is 45.1 Å². The summed E-state index contributed by atoms with van der Waals surface area (Å²) >= 11 is 0. The standard InChI is InChI=1S/C15H24N2O/c1-4-8-13(16)14(18)17-11-15(2,3)12-9-6-5-7-10-12/h5-7,9-10,13H,4,8,11,16H2,1-3H3,(H,17,18). The summed E-state index contributed by atoms with van der Waals surface area (Å²) in [4.78, 5) is 11.8. The molecular weight excluding hydrogens is 224 g/mol. The summed E-state index contributed by atoms with van der Waals surface area (Å²) in [5.74, 6) is -0.0548. The van der Waals surface area contributed by atoms with E-state index in [0.29, 0.717) is 6.54 Å². The highest BCUT2D eigenvalue weighted by molar-refractivity contribution is 5.81. The summed E-state index contributed by atoms with van der Waals surface area (Å²) < 4.78 is 0. The van der Waals surface area contributed by atoms with Gasteiger partial charge in [-0.3, -0.25) is 4.79 Å². The molecule has 18 heavy (non-hydrogen) atoms. The Morgan fingerprint density at radius 2 is 1.94 bits per heavy atom. The van der Waals surface area contributed by atoms with E-state index in [0.717, 1.165) is 12.8 Å². The summed E-state index contributed by atoms with van der Waals surface area (Å²) in [6.07, 6.45) is 1.66. The van der Waals surface area contributed by atoms with Crippen LogP contribution in [0.2, 0.25) is 0 Å². The molecule has 1 aromatic carbocycles. The predicted octanol–water partition coefficient (Wildman–Crippen LogP) is 2.21. The van der Waals surface area contributed by atoms with Gasteiger partial charge in [0.15, 0.2) is 0 Å². The third-order valence-corrected chi connectivity index (χ3v) is 3.20. The predicted molar refractivity (Wildman–Crippen MR) is 75.4 cm³/mol. The maximum atomic E-state index is 11.8. The molecule has 0 radical (unpaired) electrons. The molecule has 3 N–H and O–H groups in total. The van der Waals surface area contributed by atoms with Crippen molar-refractivity contribution in [3.8, 4) is 0 Å². The van der Waals surface area contributed by atoms with Gasteiger partial charge in [-0.15, -0.1) is 0 Å². The zero-order valence-corrected chi connectivity index (χ0v) is 11.6. The summed E-state index contributed by atoms with van der Waals surface area (Å²) in [7, 11) is 0. The number of nitrogens with one attached hydrogen (secondary N) is 1. The zero-order valence-electron chi connectivity index (χ0n) is 11.6. The third kappa shape index (κ3) is 4.15. The molecule has 3 nitrogen and oxygen atoms in total. The van der Waals surface area contributed by atoms with Gasteiger partial charge in [0.05, 0.1) is 6.04 Å². The van der Waals surface area contributed by atoms with Gasteiger partial charge in [-0.05, 0) is 12.0 Å². The van der Waals surface area contributed by atoms with Crippen molar-refractivity contribution in [1.29, 1.82) is 0 Å². The second-order valence-corrected chi connectivity index (χ2v) is 5.36.